The zero-order valence-corrected chi connectivity index (χ0v) is 11.0. The van der Waals surface area contributed by atoms with E-state index in [-0.39, 0.29) is 5.91 Å². The van der Waals surface area contributed by atoms with Gasteiger partial charge in [-0.1, -0.05) is 6.07 Å². The third-order valence-electron chi connectivity index (χ3n) is 2.44. The number of rotatable bonds is 7. The SMILES string of the molecule is COCCNC(=O)Cc1ccc(OC)c(OC)c1. The number of carbonyl (C=O) groups excluding carboxylic acids is 1. The van der Waals surface area contributed by atoms with E-state index in [4.69, 9.17) is 14.2 Å². The van der Waals surface area contributed by atoms with Gasteiger partial charge in [0.25, 0.3) is 0 Å². The lowest BCUT2D eigenvalue weighted by Gasteiger charge is -2.09. The monoisotopic (exact) mass is 253 g/mol. The predicted octanol–water partition coefficient (Wildman–Crippen LogP) is 1.01. The Morgan fingerprint density at radius 1 is 1.17 bits per heavy atom. The molecule has 100 valence electrons. The Morgan fingerprint density at radius 3 is 2.50 bits per heavy atom. The summed E-state index contributed by atoms with van der Waals surface area (Å²) in [5.41, 5.74) is 0.877. The summed E-state index contributed by atoms with van der Waals surface area (Å²) < 4.78 is 15.2. The Balaban J connectivity index is 2.59. The van der Waals surface area contributed by atoms with Crippen LogP contribution in [-0.2, 0) is 16.0 Å². The number of ether oxygens (including phenoxy) is 3. The fourth-order valence-electron chi connectivity index (χ4n) is 1.53. The molecule has 0 heterocycles. The van der Waals surface area contributed by atoms with Crippen molar-refractivity contribution in [1.82, 2.24) is 5.32 Å². The fraction of sp³-hybridized carbons (Fsp3) is 0.462. The van der Waals surface area contributed by atoms with Gasteiger partial charge in [-0.2, -0.15) is 0 Å². The number of nitrogens with one attached hydrogen (secondary N) is 1. The minimum Gasteiger partial charge on any atom is -0.493 e. The molecular formula is C13H19NO4. The Morgan fingerprint density at radius 2 is 1.89 bits per heavy atom. The molecule has 0 spiro atoms. The fourth-order valence-corrected chi connectivity index (χ4v) is 1.53. The molecule has 0 atom stereocenters. The minimum atomic E-state index is -0.0423. The maximum Gasteiger partial charge on any atom is 0.224 e. The largest absolute Gasteiger partial charge is 0.493 e. The third kappa shape index (κ3) is 4.25. The van der Waals surface area contributed by atoms with E-state index in [0.717, 1.165) is 5.56 Å². The summed E-state index contributed by atoms with van der Waals surface area (Å²) in [6, 6.07) is 5.43. The van der Waals surface area contributed by atoms with Crippen molar-refractivity contribution in [1.29, 1.82) is 0 Å². The van der Waals surface area contributed by atoms with Crippen molar-refractivity contribution >= 4 is 5.91 Å². The van der Waals surface area contributed by atoms with Crippen LogP contribution in [0.1, 0.15) is 5.56 Å². The summed E-state index contributed by atoms with van der Waals surface area (Å²) in [5, 5.41) is 2.76. The van der Waals surface area contributed by atoms with Gasteiger partial charge in [0.15, 0.2) is 11.5 Å². The molecule has 0 fully saturated rings. The van der Waals surface area contributed by atoms with Gasteiger partial charge in [0.1, 0.15) is 0 Å². The highest BCUT2D eigenvalue weighted by molar-refractivity contribution is 5.78. The second-order valence-electron chi connectivity index (χ2n) is 3.71. The Hall–Kier alpha value is -1.75. The maximum atomic E-state index is 11.6. The number of benzene rings is 1. The molecule has 0 bridgehead atoms. The number of carbonyl (C=O) groups is 1. The van der Waals surface area contributed by atoms with Crippen LogP contribution in [-0.4, -0.2) is 40.4 Å². The summed E-state index contributed by atoms with van der Waals surface area (Å²) in [6.07, 6.45) is 0.310. The first-order valence-electron chi connectivity index (χ1n) is 5.67. The highest BCUT2D eigenvalue weighted by Gasteiger charge is 2.07. The Labute approximate surface area is 107 Å². The molecular weight excluding hydrogens is 234 g/mol. The van der Waals surface area contributed by atoms with Crippen molar-refractivity contribution in [2.24, 2.45) is 0 Å². The average Bonchev–Trinajstić information content (AvgIpc) is 2.39. The highest BCUT2D eigenvalue weighted by atomic mass is 16.5. The van der Waals surface area contributed by atoms with E-state index in [0.29, 0.717) is 31.1 Å². The predicted molar refractivity (Wildman–Crippen MR) is 68.1 cm³/mol. The number of methoxy groups -OCH3 is 3. The second kappa shape index (κ2) is 7.55. The first kappa shape index (κ1) is 14.3. The minimum absolute atomic E-state index is 0.0423. The van der Waals surface area contributed by atoms with E-state index >= 15 is 0 Å². The van der Waals surface area contributed by atoms with Gasteiger partial charge >= 0.3 is 0 Å². The zero-order valence-electron chi connectivity index (χ0n) is 11.0. The van der Waals surface area contributed by atoms with Crippen LogP contribution < -0.4 is 14.8 Å². The van der Waals surface area contributed by atoms with Gasteiger partial charge in [-0.05, 0) is 17.7 Å². The van der Waals surface area contributed by atoms with Gasteiger partial charge in [0.05, 0.1) is 27.2 Å². The van der Waals surface area contributed by atoms with E-state index in [9.17, 15) is 4.79 Å². The molecule has 0 aliphatic carbocycles. The molecule has 5 nitrogen and oxygen atoms in total. The maximum absolute atomic E-state index is 11.6. The molecule has 0 aromatic heterocycles. The van der Waals surface area contributed by atoms with Crippen LogP contribution in [0.2, 0.25) is 0 Å². The van der Waals surface area contributed by atoms with Crippen molar-refractivity contribution in [2.75, 3.05) is 34.5 Å². The molecule has 5 heteroatoms. The van der Waals surface area contributed by atoms with Gasteiger partial charge in [-0.15, -0.1) is 0 Å². The summed E-state index contributed by atoms with van der Waals surface area (Å²) in [7, 11) is 4.75. The van der Waals surface area contributed by atoms with E-state index in [1.807, 2.05) is 6.07 Å². The van der Waals surface area contributed by atoms with Gasteiger partial charge in [0, 0.05) is 13.7 Å². The van der Waals surface area contributed by atoms with E-state index in [2.05, 4.69) is 5.32 Å². The van der Waals surface area contributed by atoms with Crippen LogP contribution >= 0.6 is 0 Å². The molecule has 0 aliphatic heterocycles. The standard InChI is InChI=1S/C13H19NO4/c1-16-7-6-14-13(15)9-10-4-5-11(17-2)12(8-10)18-3/h4-5,8H,6-7,9H2,1-3H3,(H,14,15). The first-order chi connectivity index (χ1) is 8.71. The first-order valence-corrected chi connectivity index (χ1v) is 5.67. The molecule has 18 heavy (non-hydrogen) atoms. The molecule has 1 amide bonds. The summed E-state index contributed by atoms with van der Waals surface area (Å²) in [5.74, 6) is 1.24. The molecule has 0 unspecified atom stereocenters. The molecule has 1 aromatic rings. The van der Waals surface area contributed by atoms with E-state index in [1.54, 1.807) is 33.5 Å². The lowest BCUT2D eigenvalue weighted by Crippen LogP contribution is -2.28. The smallest absolute Gasteiger partial charge is 0.224 e. The molecule has 1 aromatic carbocycles. The Kier molecular flexibility index (Phi) is 6.00. The van der Waals surface area contributed by atoms with Crippen LogP contribution in [0.3, 0.4) is 0 Å². The van der Waals surface area contributed by atoms with Gasteiger partial charge in [-0.25, -0.2) is 0 Å². The molecule has 1 N–H and O–H groups in total. The van der Waals surface area contributed by atoms with Gasteiger partial charge in [-0.3, -0.25) is 4.79 Å². The second-order valence-corrected chi connectivity index (χ2v) is 3.71. The topological polar surface area (TPSA) is 56.8 Å². The van der Waals surface area contributed by atoms with Crippen LogP contribution in [0.15, 0.2) is 18.2 Å². The van der Waals surface area contributed by atoms with Crippen molar-refractivity contribution in [3.8, 4) is 11.5 Å². The molecule has 0 aliphatic rings. The quantitative estimate of drug-likeness (QED) is 0.737. The van der Waals surface area contributed by atoms with Crippen LogP contribution in [0.4, 0.5) is 0 Å². The number of hydrogen-bond donors (Lipinski definition) is 1. The summed E-state index contributed by atoms with van der Waals surface area (Å²) in [4.78, 5) is 11.6. The number of hydrogen-bond acceptors (Lipinski definition) is 4. The third-order valence-corrected chi connectivity index (χ3v) is 2.44. The van der Waals surface area contributed by atoms with Gasteiger partial charge < -0.3 is 19.5 Å². The molecule has 0 radical (unpaired) electrons. The normalized spacial score (nSPS) is 9.94. The lowest BCUT2D eigenvalue weighted by atomic mass is 10.1. The molecule has 0 saturated carbocycles. The van der Waals surface area contributed by atoms with Crippen LogP contribution in [0, 0.1) is 0 Å². The van der Waals surface area contributed by atoms with Crippen molar-refractivity contribution in [3.63, 3.8) is 0 Å². The van der Waals surface area contributed by atoms with Crippen molar-refractivity contribution < 1.29 is 19.0 Å². The van der Waals surface area contributed by atoms with Gasteiger partial charge in [0.2, 0.25) is 5.91 Å². The lowest BCUT2D eigenvalue weighted by molar-refractivity contribution is -0.120. The Bertz CT molecular complexity index is 393. The van der Waals surface area contributed by atoms with Crippen LogP contribution in [0.25, 0.3) is 0 Å². The summed E-state index contributed by atoms with van der Waals surface area (Å²) in [6.45, 7) is 1.03. The van der Waals surface area contributed by atoms with Crippen molar-refractivity contribution in [2.45, 2.75) is 6.42 Å². The van der Waals surface area contributed by atoms with E-state index < -0.39 is 0 Å². The number of amides is 1. The molecule has 1 rings (SSSR count). The van der Waals surface area contributed by atoms with E-state index in [1.165, 1.54) is 0 Å². The zero-order chi connectivity index (χ0) is 13.4. The molecule has 0 saturated heterocycles. The summed E-state index contributed by atoms with van der Waals surface area (Å²) >= 11 is 0. The van der Waals surface area contributed by atoms with Crippen LogP contribution in [0.5, 0.6) is 11.5 Å². The average molecular weight is 253 g/mol. The highest BCUT2D eigenvalue weighted by Crippen LogP contribution is 2.27. The van der Waals surface area contributed by atoms with Crippen molar-refractivity contribution in [3.05, 3.63) is 23.8 Å².